The van der Waals surface area contributed by atoms with Gasteiger partial charge in [-0.2, -0.15) is 0 Å². The Morgan fingerprint density at radius 3 is 2.61 bits per heavy atom. The van der Waals surface area contributed by atoms with Crippen LogP contribution in [0.15, 0.2) is 30.5 Å². The van der Waals surface area contributed by atoms with Crippen LogP contribution in [0.4, 0.5) is 11.4 Å². The monoisotopic (exact) mass is 482 g/mol. The number of H-pyrrole nitrogens is 1. The van der Waals surface area contributed by atoms with Crippen molar-refractivity contribution in [3.8, 4) is 22.5 Å². The van der Waals surface area contributed by atoms with Crippen LogP contribution in [-0.2, 0) is 18.3 Å². The SMILES string of the molecule is CC(C)N1CCN(c2ccc(-c3cc4c(cn3)CCc3c-4[nH]c4c3C(=O)NCC43CC3)cc2N)CC1. The van der Waals surface area contributed by atoms with Crippen LogP contribution in [0.1, 0.15) is 53.9 Å². The van der Waals surface area contributed by atoms with Crippen molar-refractivity contribution in [2.45, 2.75) is 51.0 Å². The summed E-state index contributed by atoms with van der Waals surface area (Å²) in [6, 6.07) is 9.12. The maximum absolute atomic E-state index is 12.8. The number of nitrogens with one attached hydrogen (secondary N) is 2. The number of nitrogen functional groups attached to an aromatic ring is 1. The van der Waals surface area contributed by atoms with Crippen LogP contribution in [0.5, 0.6) is 0 Å². The summed E-state index contributed by atoms with van der Waals surface area (Å²) in [4.78, 5) is 26.3. The fourth-order valence-corrected chi connectivity index (χ4v) is 6.49. The zero-order valence-corrected chi connectivity index (χ0v) is 21.2. The Balaban J connectivity index is 1.21. The first-order chi connectivity index (χ1) is 17.4. The van der Waals surface area contributed by atoms with Gasteiger partial charge in [-0.15, -0.1) is 0 Å². The second-order valence-corrected chi connectivity index (χ2v) is 11.3. The van der Waals surface area contributed by atoms with Crippen LogP contribution >= 0.6 is 0 Å². The molecule has 2 aliphatic heterocycles. The summed E-state index contributed by atoms with van der Waals surface area (Å²) in [5.41, 5.74) is 17.3. The van der Waals surface area contributed by atoms with E-state index in [1.807, 2.05) is 6.20 Å². The Bertz CT molecular complexity index is 1380. The molecule has 7 heteroatoms. The molecule has 0 radical (unpaired) electrons. The normalized spacial score (nSPS) is 20.2. The molecule has 4 heterocycles. The highest BCUT2D eigenvalue weighted by Gasteiger charge is 2.51. The number of hydrogen-bond acceptors (Lipinski definition) is 5. The molecule has 4 N–H and O–H groups in total. The summed E-state index contributed by atoms with van der Waals surface area (Å²) < 4.78 is 0. The van der Waals surface area contributed by atoms with Crippen LogP contribution in [0, 0.1) is 0 Å². The summed E-state index contributed by atoms with van der Waals surface area (Å²) in [6.07, 6.45) is 6.09. The standard InChI is InChI=1S/C29H34N6O/c1-17(2)34-9-11-35(12-10-34)24-6-4-18(13-22(24)30)23-14-21-19(15-31-23)3-5-20-25-27(33-26(20)21)29(7-8-29)16-32-28(25)36/h4,6,13-15,17,33H,3,5,7-12,16,30H2,1-2H3,(H,32,36). The van der Waals surface area contributed by atoms with E-state index in [0.717, 1.165) is 98.0 Å². The summed E-state index contributed by atoms with van der Waals surface area (Å²) in [5.74, 6) is 0.0790. The molecule has 2 aromatic heterocycles. The Morgan fingerprint density at radius 1 is 1.08 bits per heavy atom. The predicted octanol–water partition coefficient (Wildman–Crippen LogP) is 3.73. The third-order valence-electron chi connectivity index (χ3n) is 8.91. The van der Waals surface area contributed by atoms with Crippen molar-refractivity contribution in [3.63, 3.8) is 0 Å². The van der Waals surface area contributed by atoms with Crippen LogP contribution in [0.2, 0.25) is 0 Å². The number of fused-ring (bicyclic) bond motifs is 6. The number of rotatable bonds is 3. The number of piperazine rings is 1. The molecule has 1 aromatic carbocycles. The number of aromatic amines is 1. The van der Waals surface area contributed by atoms with E-state index in [2.05, 4.69) is 58.2 Å². The fourth-order valence-electron chi connectivity index (χ4n) is 6.49. The minimum Gasteiger partial charge on any atom is -0.397 e. The third kappa shape index (κ3) is 3.29. The molecule has 2 aliphatic carbocycles. The first-order valence-electron chi connectivity index (χ1n) is 13.4. The highest BCUT2D eigenvalue weighted by molar-refractivity contribution is 6.01. The summed E-state index contributed by atoms with van der Waals surface area (Å²) >= 11 is 0. The quantitative estimate of drug-likeness (QED) is 0.495. The lowest BCUT2D eigenvalue weighted by atomic mass is 9.86. The number of aromatic nitrogens is 2. The molecule has 0 unspecified atom stereocenters. The molecule has 7 nitrogen and oxygen atoms in total. The Labute approximate surface area is 212 Å². The lowest BCUT2D eigenvalue weighted by Crippen LogP contribution is -2.49. The van der Waals surface area contributed by atoms with E-state index in [-0.39, 0.29) is 11.3 Å². The minimum atomic E-state index is 0.0790. The van der Waals surface area contributed by atoms with Gasteiger partial charge >= 0.3 is 0 Å². The topological polar surface area (TPSA) is 90.3 Å². The highest BCUT2D eigenvalue weighted by atomic mass is 16.1. The van der Waals surface area contributed by atoms with E-state index < -0.39 is 0 Å². The van der Waals surface area contributed by atoms with Gasteiger partial charge < -0.3 is 20.9 Å². The number of nitrogens with two attached hydrogens (primary N) is 1. The molecular formula is C29H34N6O. The smallest absolute Gasteiger partial charge is 0.253 e. The van der Waals surface area contributed by atoms with E-state index in [9.17, 15) is 4.79 Å². The van der Waals surface area contributed by atoms with Crippen molar-refractivity contribution < 1.29 is 4.79 Å². The molecule has 1 saturated heterocycles. The largest absolute Gasteiger partial charge is 0.397 e. The predicted molar refractivity (Wildman–Crippen MR) is 143 cm³/mol. The van der Waals surface area contributed by atoms with E-state index in [4.69, 9.17) is 10.7 Å². The zero-order chi connectivity index (χ0) is 24.6. The van der Waals surface area contributed by atoms with Gasteiger partial charge in [0.25, 0.3) is 5.91 Å². The van der Waals surface area contributed by atoms with Gasteiger partial charge in [0.05, 0.1) is 28.3 Å². The van der Waals surface area contributed by atoms with Gasteiger partial charge in [0.15, 0.2) is 0 Å². The van der Waals surface area contributed by atoms with Gasteiger partial charge in [-0.1, -0.05) is 6.07 Å². The average Bonchev–Trinajstić information content (AvgIpc) is 3.55. The molecule has 0 bridgehead atoms. The molecule has 1 spiro atoms. The number of hydrogen-bond donors (Lipinski definition) is 3. The molecule has 3 aromatic rings. The van der Waals surface area contributed by atoms with Crippen LogP contribution in [0.3, 0.4) is 0 Å². The van der Waals surface area contributed by atoms with Gasteiger partial charge in [-0.3, -0.25) is 14.7 Å². The van der Waals surface area contributed by atoms with Crippen molar-refractivity contribution >= 4 is 17.3 Å². The van der Waals surface area contributed by atoms with E-state index >= 15 is 0 Å². The van der Waals surface area contributed by atoms with E-state index in [1.54, 1.807) is 0 Å². The van der Waals surface area contributed by atoms with Gasteiger partial charge in [-0.05, 0) is 68.9 Å². The van der Waals surface area contributed by atoms with Gasteiger partial charge in [0.1, 0.15) is 0 Å². The molecule has 2 fully saturated rings. The van der Waals surface area contributed by atoms with Gasteiger partial charge in [-0.25, -0.2) is 0 Å². The maximum Gasteiger partial charge on any atom is 0.253 e. The number of nitrogens with zero attached hydrogens (tertiary/aromatic N) is 3. The van der Waals surface area contributed by atoms with Crippen molar-refractivity contribution in [2.24, 2.45) is 0 Å². The van der Waals surface area contributed by atoms with E-state index in [1.165, 1.54) is 16.7 Å². The number of anilines is 2. The lowest BCUT2D eigenvalue weighted by Gasteiger charge is -2.38. The van der Waals surface area contributed by atoms with Gasteiger partial charge in [0, 0.05) is 67.2 Å². The van der Waals surface area contributed by atoms with Crippen molar-refractivity contribution in [3.05, 3.63) is 52.8 Å². The van der Waals surface area contributed by atoms with E-state index in [0.29, 0.717) is 6.04 Å². The molecule has 36 heavy (non-hydrogen) atoms. The number of aryl methyl sites for hydroxylation is 1. The number of carbonyl (C=O) groups excluding carboxylic acids is 1. The molecule has 0 atom stereocenters. The molecule has 186 valence electrons. The Hall–Kier alpha value is -3.32. The van der Waals surface area contributed by atoms with Crippen molar-refractivity contribution in [2.75, 3.05) is 43.4 Å². The average molecular weight is 483 g/mol. The Morgan fingerprint density at radius 2 is 1.89 bits per heavy atom. The number of benzene rings is 1. The fraction of sp³-hybridized carbons (Fsp3) is 0.448. The van der Waals surface area contributed by atoms with Crippen molar-refractivity contribution in [1.29, 1.82) is 0 Å². The van der Waals surface area contributed by atoms with Crippen molar-refractivity contribution in [1.82, 2.24) is 20.2 Å². The highest BCUT2D eigenvalue weighted by Crippen LogP contribution is 2.52. The number of pyridine rings is 1. The lowest BCUT2D eigenvalue weighted by molar-refractivity contribution is 0.0936. The third-order valence-corrected chi connectivity index (χ3v) is 8.91. The molecule has 7 rings (SSSR count). The second kappa shape index (κ2) is 7.84. The van der Waals surface area contributed by atoms with Crippen LogP contribution in [0.25, 0.3) is 22.5 Å². The summed E-state index contributed by atoms with van der Waals surface area (Å²) in [7, 11) is 0. The Kier molecular flexibility index (Phi) is 4.77. The first kappa shape index (κ1) is 21.9. The minimum absolute atomic E-state index is 0.0790. The zero-order valence-electron chi connectivity index (χ0n) is 21.2. The number of amides is 1. The van der Waals surface area contributed by atoms with Gasteiger partial charge in [0.2, 0.25) is 0 Å². The van der Waals surface area contributed by atoms with Crippen LogP contribution in [-0.4, -0.2) is 59.5 Å². The molecule has 4 aliphatic rings. The molecule has 1 amide bonds. The molecule has 1 saturated carbocycles. The number of carbonyl (C=O) groups is 1. The van der Waals surface area contributed by atoms with Crippen LogP contribution < -0.4 is 16.0 Å². The summed E-state index contributed by atoms with van der Waals surface area (Å²) in [6.45, 7) is 9.39. The summed E-state index contributed by atoms with van der Waals surface area (Å²) in [5, 5.41) is 3.14. The molecular weight excluding hydrogens is 448 g/mol. The maximum atomic E-state index is 12.8. The first-order valence-corrected chi connectivity index (χ1v) is 13.4. The second-order valence-electron chi connectivity index (χ2n) is 11.3.